The molecule has 1 amide bonds. The first-order chi connectivity index (χ1) is 18.0. The van der Waals surface area contributed by atoms with Crippen molar-refractivity contribution in [3.8, 4) is 23.1 Å². The fraction of sp³-hybridized carbons (Fsp3) is 0.393. The highest BCUT2D eigenvalue weighted by Crippen LogP contribution is 2.34. The van der Waals surface area contributed by atoms with Gasteiger partial charge in [0.05, 0.1) is 19.8 Å². The minimum atomic E-state index is -0.775. The van der Waals surface area contributed by atoms with Gasteiger partial charge < -0.3 is 24.2 Å². The molecule has 1 saturated heterocycles. The molecule has 38 heavy (non-hydrogen) atoms. The van der Waals surface area contributed by atoms with Gasteiger partial charge in [-0.1, -0.05) is 18.2 Å². The summed E-state index contributed by atoms with van der Waals surface area (Å²) in [5.41, 5.74) is -0.667. The Balaban J connectivity index is 1.80. The van der Waals surface area contributed by atoms with Crippen molar-refractivity contribution in [1.82, 2.24) is 14.5 Å². The van der Waals surface area contributed by atoms with Crippen LogP contribution in [0.4, 0.5) is 4.39 Å². The molecule has 1 N–H and O–H groups in total. The molecule has 9 nitrogen and oxygen atoms in total. The van der Waals surface area contributed by atoms with E-state index in [2.05, 4.69) is 4.98 Å². The molecule has 0 radical (unpaired) electrons. The molecular weight excluding hydrogens is 493 g/mol. The van der Waals surface area contributed by atoms with E-state index >= 15 is 0 Å². The third-order valence-electron chi connectivity index (χ3n) is 6.42. The Hall–Kier alpha value is -3.92. The highest BCUT2D eigenvalue weighted by atomic mass is 19.1. The zero-order valence-electron chi connectivity index (χ0n) is 22.2. The molecule has 1 aliphatic heterocycles. The fourth-order valence-electron chi connectivity index (χ4n) is 4.51. The molecular formula is C28H32FN3O6. The number of likely N-dealkylation sites (tertiary alicyclic amines) is 1. The Kier molecular flexibility index (Phi) is 7.73. The Morgan fingerprint density at radius 2 is 1.74 bits per heavy atom. The standard InChI is InChI=1S/C28H32FN3O6/c1-28(2,3)38-16-22-30-25(33)23(27(35)32(22)24-20(36-4)7-6-8-21(24)37-5)26(34)31-14-13-18(15-31)17-9-11-19(29)12-10-17/h6-12,18,33H,13-16H2,1-5H3. The van der Waals surface area contributed by atoms with Crippen LogP contribution < -0.4 is 15.0 Å². The van der Waals surface area contributed by atoms with Gasteiger partial charge in [0, 0.05) is 19.0 Å². The molecule has 0 spiro atoms. The van der Waals surface area contributed by atoms with E-state index in [1.807, 2.05) is 20.8 Å². The predicted octanol–water partition coefficient (Wildman–Crippen LogP) is 4.04. The van der Waals surface area contributed by atoms with Gasteiger partial charge in [-0.05, 0) is 57.0 Å². The molecule has 0 saturated carbocycles. The van der Waals surface area contributed by atoms with E-state index in [1.165, 1.54) is 35.8 Å². The number of hydrogen-bond acceptors (Lipinski definition) is 7. The zero-order valence-corrected chi connectivity index (χ0v) is 22.2. The van der Waals surface area contributed by atoms with Crippen LogP contribution in [0, 0.1) is 5.82 Å². The van der Waals surface area contributed by atoms with E-state index in [0.29, 0.717) is 31.0 Å². The number of carbonyl (C=O) groups excluding carboxylic acids is 1. The Bertz CT molecular complexity index is 1360. The van der Waals surface area contributed by atoms with E-state index in [0.717, 1.165) is 5.56 Å². The average molecular weight is 526 g/mol. The van der Waals surface area contributed by atoms with Crippen molar-refractivity contribution < 1.29 is 28.5 Å². The second-order valence-corrected chi connectivity index (χ2v) is 10.1. The summed E-state index contributed by atoms with van der Waals surface area (Å²) in [5.74, 6) is -0.978. The minimum absolute atomic E-state index is 0.0225. The fourth-order valence-corrected chi connectivity index (χ4v) is 4.51. The number of rotatable bonds is 7. The van der Waals surface area contributed by atoms with Crippen molar-refractivity contribution in [3.63, 3.8) is 0 Å². The van der Waals surface area contributed by atoms with Gasteiger partial charge in [-0.3, -0.25) is 14.2 Å². The van der Waals surface area contributed by atoms with Gasteiger partial charge in [0.1, 0.15) is 35.4 Å². The van der Waals surface area contributed by atoms with E-state index in [4.69, 9.17) is 14.2 Å². The lowest BCUT2D eigenvalue weighted by Crippen LogP contribution is -2.37. The minimum Gasteiger partial charge on any atom is -0.494 e. The largest absolute Gasteiger partial charge is 0.494 e. The van der Waals surface area contributed by atoms with Crippen molar-refractivity contribution in [2.75, 3.05) is 27.3 Å². The quantitative estimate of drug-likeness (QED) is 0.497. The lowest BCUT2D eigenvalue weighted by Gasteiger charge is -2.23. The third-order valence-corrected chi connectivity index (χ3v) is 6.42. The number of methoxy groups -OCH3 is 2. The van der Waals surface area contributed by atoms with Crippen molar-refractivity contribution in [3.05, 3.63) is 75.6 Å². The number of carbonyl (C=O) groups is 1. The molecule has 1 fully saturated rings. The van der Waals surface area contributed by atoms with Crippen LogP contribution >= 0.6 is 0 Å². The van der Waals surface area contributed by atoms with E-state index in [-0.39, 0.29) is 29.9 Å². The van der Waals surface area contributed by atoms with Crippen molar-refractivity contribution in [2.24, 2.45) is 0 Å². The van der Waals surface area contributed by atoms with Gasteiger partial charge in [-0.15, -0.1) is 0 Å². The lowest BCUT2D eigenvalue weighted by atomic mass is 9.99. The molecule has 0 aliphatic carbocycles. The van der Waals surface area contributed by atoms with Crippen molar-refractivity contribution in [1.29, 1.82) is 0 Å². The van der Waals surface area contributed by atoms with E-state index in [1.54, 1.807) is 30.3 Å². The number of para-hydroxylation sites is 1. The average Bonchev–Trinajstić information content (AvgIpc) is 3.37. The van der Waals surface area contributed by atoms with E-state index in [9.17, 15) is 19.1 Å². The summed E-state index contributed by atoms with van der Waals surface area (Å²) in [6.45, 7) is 6.10. The van der Waals surface area contributed by atoms with Crippen LogP contribution in [0.15, 0.2) is 47.3 Å². The summed E-state index contributed by atoms with van der Waals surface area (Å²) in [4.78, 5) is 33.3. The molecule has 3 aromatic rings. The zero-order chi connectivity index (χ0) is 27.6. The monoisotopic (exact) mass is 525 g/mol. The second kappa shape index (κ2) is 10.8. The number of aromatic hydroxyl groups is 1. The summed E-state index contributed by atoms with van der Waals surface area (Å²) in [7, 11) is 2.91. The smallest absolute Gasteiger partial charge is 0.275 e. The number of hydrogen-bond donors (Lipinski definition) is 1. The first-order valence-corrected chi connectivity index (χ1v) is 12.3. The summed E-state index contributed by atoms with van der Waals surface area (Å²) in [6, 6.07) is 11.2. The highest BCUT2D eigenvalue weighted by Gasteiger charge is 2.33. The molecule has 10 heteroatoms. The number of nitrogens with zero attached hydrogens (tertiary/aromatic N) is 3. The van der Waals surface area contributed by atoms with Crippen molar-refractivity contribution in [2.45, 2.75) is 45.3 Å². The molecule has 0 bridgehead atoms. The molecule has 202 valence electrons. The van der Waals surface area contributed by atoms with Crippen molar-refractivity contribution >= 4 is 5.91 Å². The van der Waals surface area contributed by atoms with Crippen LogP contribution in [-0.4, -0.2) is 58.4 Å². The Morgan fingerprint density at radius 3 is 2.32 bits per heavy atom. The van der Waals surface area contributed by atoms with Gasteiger partial charge in [0.25, 0.3) is 11.5 Å². The number of halogens is 1. The second-order valence-electron chi connectivity index (χ2n) is 10.1. The summed E-state index contributed by atoms with van der Waals surface area (Å²) in [5, 5.41) is 10.8. The lowest BCUT2D eigenvalue weighted by molar-refractivity contribution is -0.0193. The molecule has 1 aromatic heterocycles. The summed E-state index contributed by atoms with van der Waals surface area (Å²) >= 11 is 0. The molecule has 1 aliphatic rings. The predicted molar refractivity (Wildman–Crippen MR) is 139 cm³/mol. The molecule has 2 aromatic carbocycles. The number of amides is 1. The van der Waals surface area contributed by atoms with Gasteiger partial charge in [0.15, 0.2) is 5.56 Å². The third kappa shape index (κ3) is 5.50. The van der Waals surface area contributed by atoms with Gasteiger partial charge in [0.2, 0.25) is 5.88 Å². The number of ether oxygens (including phenoxy) is 3. The maximum absolute atomic E-state index is 14.0. The number of aromatic nitrogens is 2. The van der Waals surface area contributed by atoms with E-state index < -0.39 is 28.5 Å². The first kappa shape index (κ1) is 27.1. The van der Waals surface area contributed by atoms with Crippen LogP contribution in [0.1, 0.15) is 54.9 Å². The summed E-state index contributed by atoms with van der Waals surface area (Å²) < 4.78 is 31.4. The highest BCUT2D eigenvalue weighted by molar-refractivity contribution is 5.96. The van der Waals surface area contributed by atoms with Gasteiger partial charge in [-0.2, -0.15) is 4.98 Å². The van der Waals surface area contributed by atoms with Crippen LogP contribution in [-0.2, 0) is 11.3 Å². The topological polar surface area (TPSA) is 103 Å². The van der Waals surface area contributed by atoms with Crippen LogP contribution in [0.25, 0.3) is 5.69 Å². The van der Waals surface area contributed by atoms with Gasteiger partial charge >= 0.3 is 0 Å². The summed E-state index contributed by atoms with van der Waals surface area (Å²) in [6.07, 6.45) is 0.636. The molecule has 4 rings (SSSR count). The SMILES string of the molecule is COc1cccc(OC)c1-n1c(COC(C)(C)C)nc(O)c(C(=O)N2CCC(c3ccc(F)cc3)C2)c1=O. The van der Waals surface area contributed by atoms with Crippen LogP contribution in [0.5, 0.6) is 17.4 Å². The van der Waals surface area contributed by atoms with Crippen LogP contribution in [0.3, 0.4) is 0 Å². The molecule has 1 atom stereocenters. The number of benzene rings is 2. The normalized spacial score (nSPS) is 15.5. The Morgan fingerprint density at radius 1 is 1.11 bits per heavy atom. The maximum Gasteiger partial charge on any atom is 0.275 e. The maximum atomic E-state index is 14.0. The molecule has 2 heterocycles. The van der Waals surface area contributed by atoms with Crippen LogP contribution in [0.2, 0.25) is 0 Å². The molecule has 1 unspecified atom stereocenters. The van der Waals surface area contributed by atoms with Gasteiger partial charge in [-0.25, -0.2) is 4.39 Å². The first-order valence-electron chi connectivity index (χ1n) is 12.3. The Labute approximate surface area is 220 Å².